The molecule has 4 nitrogen and oxygen atoms in total. The van der Waals surface area contributed by atoms with Crippen molar-refractivity contribution in [2.45, 2.75) is 52.7 Å². The van der Waals surface area contributed by atoms with E-state index in [1.165, 1.54) is 5.69 Å². The average Bonchev–Trinajstić information content (AvgIpc) is 2.81. The highest BCUT2D eigenvalue weighted by atomic mass is 16.2. The van der Waals surface area contributed by atoms with Crippen molar-refractivity contribution in [2.75, 3.05) is 6.54 Å². The van der Waals surface area contributed by atoms with Gasteiger partial charge >= 0.3 is 0 Å². The zero-order valence-corrected chi connectivity index (χ0v) is 11.7. The molecule has 0 spiro atoms. The van der Waals surface area contributed by atoms with Crippen molar-refractivity contribution < 1.29 is 4.79 Å². The normalized spacial score (nSPS) is 12.4. The second-order valence-electron chi connectivity index (χ2n) is 4.59. The maximum absolute atomic E-state index is 11.7. The zero-order valence-electron chi connectivity index (χ0n) is 11.7. The highest BCUT2D eigenvalue weighted by Gasteiger charge is 2.11. The van der Waals surface area contributed by atoms with E-state index in [0.717, 1.165) is 32.5 Å². The monoisotopic (exact) mass is 251 g/mol. The highest BCUT2D eigenvalue weighted by Crippen LogP contribution is 2.03. The molecule has 18 heavy (non-hydrogen) atoms. The largest absolute Gasteiger partial charge is 0.355 e. The minimum atomic E-state index is -0.151. The molecule has 0 radical (unpaired) electrons. The predicted molar refractivity (Wildman–Crippen MR) is 74.3 cm³/mol. The second kappa shape index (κ2) is 7.93. The summed E-state index contributed by atoms with van der Waals surface area (Å²) in [6, 6.07) is 4.00. The molecule has 1 aromatic heterocycles. The van der Waals surface area contributed by atoms with Gasteiger partial charge in [-0.1, -0.05) is 13.8 Å². The van der Waals surface area contributed by atoms with Crippen molar-refractivity contribution in [1.29, 1.82) is 0 Å². The number of carbonyl (C=O) groups excluding carboxylic acids is 1. The van der Waals surface area contributed by atoms with Crippen molar-refractivity contribution >= 4 is 5.91 Å². The van der Waals surface area contributed by atoms with Crippen LogP contribution in [-0.2, 0) is 17.9 Å². The number of nitrogens with zero attached hydrogens (tertiary/aromatic N) is 1. The molecule has 102 valence electrons. The second-order valence-corrected chi connectivity index (χ2v) is 4.59. The van der Waals surface area contributed by atoms with Gasteiger partial charge in [0.05, 0.1) is 6.04 Å². The fourth-order valence-corrected chi connectivity index (χ4v) is 1.82. The Labute approximate surface area is 110 Å². The summed E-state index contributed by atoms with van der Waals surface area (Å²) in [6.45, 7) is 8.62. The summed E-state index contributed by atoms with van der Waals surface area (Å²) in [6.07, 6.45) is 4.17. The van der Waals surface area contributed by atoms with Gasteiger partial charge in [-0.25, -0.2) is 0 Å². The van der Waals surface area contributed by atoms with Crippen molar-refractivity contribution in [1.82, 2.24) is 15.2 Å². The molecule has 1 unspecified atom stereocenters. The minimum absolute atomic E-state index is 0.0745. The molecule has 2 N–H and O–H groups in total. The molecule has 1 heterocycles. The van der Waals surface area contributed by atoms with Crippen LogP contribution >= 0.6 is 0 Å². The first-order valence-corrected chi connectivity index (χ1v) is 6.84. The highest BCUT2D eigenvalue weighted by molar-refractivity contribution is 5.81. The van der Waals surface area contributed by atoms with E-state index in [1.807, 2.05) is 6.92 Å². The number of nitrogens with one attached hydrogen (secondary N) is 2. The number of amides is 1. The molecule has 4 heteroatoms. The maximum atomic E-state index is 11.7. The quantitative estimate of drug-likeness (QED) is 0.741. The van der Waals surface area contributed by atoms with E-state index in [9.17, 15) is 4.79 Å². The molecule has 0 fully saturated rings. The van der Waals surface area contributed by atoms with Gasteiger partial charge in [0.25, 0.3) is 0 Å². The van der Waals surface area contributed by atoms with Crippen LogP contribution in [-0.4, -0.2) is 23.1 Å². The SMILES string of the molecule is CCCNC(=O)C(C)NCc1cccn1CCC. The Kier molecular flexibility index (Phi) is 6.50. The summed E-state index contributed by atoms with van der Waals surface area (Å²) in [7, 11) is 0. The van der Waals surface area contributed by atoms with Crippen molar-refractivity contribution in [3.63, 3.8) is 0 Å². The fourth-order valence-electron chi connectivity index (χ4n) is 1.82. The first-order chi connectivity index (χ1) is 8.69. The maximum Gasteiger partial charge on any atom is 0.236 e. The molecule has 0 aliphatic heterocycles. The van der Waals surface area contributed by atoms with Gasteiger partial charge in [0.2, 0.25) is 5.91 Å². The summed E-state index contributed by atoms with van der Waals surface area (Å²) in [4.78, 5) is 11.7. The van der Waals surface area contributed by atoms with Crippen LogP contribution in [0, 0.1) is 0 Å². The lowest BCUT2D eigenvalue weighted by molar-refractivity contribution is -0.122. The Bertz CT molecular complexity index is 360. The summed E-state index contributed by atoms with van der Waals surface area (Å²) in [5.74, 6) is 0.0745. The molecule has 1 aromatic rings. The van der Waals surface area contributed by atoms with E-state index >= 15 is 0 Å². The lowest BCUT2D eigenvalue weighted by Gasteiger charge is -2.15. The lowest BCUT2D eigenvalue weighted by atomic mass is 10.3. The van der Waals surface area contributed by atoms with E-state index in [4.69, 9.17) is 0 Å². The average molecular weight is 251 g/mol. The Hall–Kier alpha value is -1.29. The number of hydrogen-bond donors (Lipinski definition) is 2. The summed E-state index contributed by atoms with van der Waals surface area (Å²) >= 11 is 0. The Morgan fingerprint density at radius 3 is 2.83 bits per heavy atom. The van der Waals surface area contributed by atoms with E-state index < -0.39 is 0 Å². The van der Waals surface area contributed by atoms with Crippen LogP contribution in [0.25, 0.3) is 0 Å². The third-order valence-corrected chi connectivity index (χ3v) is 2.92. The van der Waals surface area contributed by atoms with Gasteiger partial charge in [-0.2, -0.15) is 0 Å². The standard InChI is InChI=1S/C14H25N3O/c1-4-8-15-14(18)12(3)16-11-13-7-6-10-17(13)9-5-2/h6-7,10,12,16H,4-5,8-9,11H2,1-3H3,(H,15,18). The number of aromatic nitrogens is 1. The minimum Gasteiger partial charge on any atom is -0.355 e. The van der Waals surface area contributed by atoms with E-state index in [-0.39, 0.29) is 11.9 Å². The van der Waals surface area contributed by atoms with Crippen LogP contribution in [0.15, 0.2) is 18.3 Å². The van der Waals surface area contributed by atoms with Crippen molar-refractivity contribution in [3.8, 4) is 0 Å². The zero-order chi connectivity index (χ0) is 13.4. The van der Waals surface area contributed by atoms with E-state index in [2.05, 4.69) is 47.4 Å². The third-order valence-electron chi connectivity index (χ3n) is 2.92. The van der Waals surface area contributed by atoms with E-state index in [0.29, 0.717) is 0 Å². The van der Waals surface area contributed by atoms with E-state index in [1.54, 1.807) is 0 Å². The first kappa shape index (κ1) is 14.8. The molecule has 0 bridgehead atoms. The number of carbonyl (C=O) groups is 1. The molecule has 0 aliphatic carbocycles. The smallest absolute Gasteiger partial charge is 0.236 e. The van der Waals surface area contributed by atoms with Crippen molar-refractivity contribution in [3.05, 3.63) is 24.0 Å². The Morgan fingerprint density at radius 1 is 1.39 bits per heavy atom. The molecule has 0 saturated heterocycles. The predicted octanol–water partition coefficient (Wildman–Crippen LogP) is 1.90. The van der Waals surface area contributed by atoms with Crippen LogP contribution in [0.4, 0.5) is 0 Å². The summed E-state index contributed by atoms with van der Waals surface area (Å²) < 4.78 is 2.23. The topological polar surface area (TPSA) is 46.1 Å². The van der Waals surface area contributed by atoms with Gasteiger partial charge in [0.15, 0.2) is 0 Å². The van der Waals surface area contributed by atoms with Gasteiger partial charge in [-0.05, 0) is 31.9 Å². The molecule has 0 saturated carbocycles. The Balaban J connectivity index is 2.39. The van der Waals surface area contributed by atoms with Gasteiger partial charge in [0, 0.05) is 31.5 Å². The molecular formula is C14H25N3O. The van der Waals surface area contributed by atoms with Crippen LogP contribution < -0.4 is 10.6 Å². The van der Waals surface area contributed by atoms with Crippen LogP contribution in [0.3, 0.4) is 0 Å². The molecule has 0 aliphatic rings. The molecule has 0 aromatic carbocycles. The number of rotatable bonds is 8. The molecule has 1 rings (SSSR count). The lowest BCUT2D eigenvalue weighted by Crippen LogP contribution is -2.42. The number of hydrogen-bond acceptors (Lipinski definition) is 2. The molecular weight excluding hydrogens is 226 g/mol. The third kappa shape index (κ3) is 4.53. The fraction of sp³-hybridized carbons (Fsp3) is 0.643. The van der Waals surface area contributed by atoms with Gasteiger partial charge < -0.3 is 15.2 Å². The van der Waals surface area contributed by atoms with Crippen molar-refractivity contribution in [2.24, 2.45) is 0 Å². The molecule has 1 atom stereocenters. The number of aryl methyl sites for hydroxylation is 1. The Morgan fingerprint density at radius 2 is 2.17 bits per heavy atom. The van der Waals surface area contributed by atoms with Gasteiger partial charge in [-0.15, -0.1) is 0 Å². The van der Waals surface area contributed by atoms with Gasteiger partial charge in [-0.3, -0.25) is 4.79 Å². The summed E-state index contributed by atoms with van der Waals surface area (Å²) in [5.41, 5.74) is 1.23. The van der Waals surface area contributed by atoms with Crippen LogP contribution in [0.2, 0.25) is 0 Å². The molecule has 1 amide bonds. The first-order valence-electron chi connectivity index (χ1n) is 6.84. The van der Waals surface area contributed by atoms with Gasteiger partial charge in [0.1, 0.15) is 0 Å². The van der Waals surface area contributed by atoms with Crippen LogP contribution in [0.5, 0.6) is 0 Å². The van der Waals surface area contributed by atoms with Crippen LogP contribution in [0.1, 0.15) is 39.3 Å². The summed E-state index contributed by atoms with van der Waals surface area (Å²) in [5, 5.41) is 6.15.